The van der Waals surface area contributed by atoms with Crippen molar-refractivity contribution < 1.29 is 4.79 Å². The molecule has 30 heavy (non-hydrogen) atoms. The highest BCUT2D eigenvalue weighted by atomic mass is 79.9. The van der Waals surface area contributed by atoms with E-state index in [0.29, 0.717) is 21.7 Å². The summed E-state index contributed by atoms with van der Waals surface area (Å²) < 4.78 is 3.86. The fraction of sp³-hybridized carbons (Fsp3) is 0.143. The maximum atomic E-state index is 12.7. The second-order valence-electron chi connectivity index (χ2n) is 6.77. The predicted octanol–water partition coefficient (Wildman–Crippen LogP) is 4.34. The molecule has 0 aliphatic carbocycles. The van der Waals surface area contributed by atoms with Gasteiger partial charge in [0.15, 0.2) is 0 Å². The average molecular weight is 487 g/mol. The number of hydrogen-bond acceptors (Lipinski definition) is 4. The summed E-state index contributed by atoms with van der Waals surface area (Å²) in [6, 6.07) is 14.3. The van der Waals surface area contributed by atoms with Gasteiger partial charge < -0.3 is 5.32 Å². The Morgan fingerprint density at radius 1 is 1.20 bits per heavy atom. The third-order valence-corrected chi connectivity index (χ3v) is 5.25. The third-order valence-electron chi connectivity index (χ3n) is 4.52. The van der Waals surface area contributed by atoms with Crippen LogP contribution in [0.25, 0.3) is 16.6 Å². The summed E-state index contributed by atoms with van der Waals surface area (Å²) in [6.07, 6.45) is 1.58. The average Bonchev–Trinajstić information content (AvgIpc) is 3.08. The Labute approximate surface area is 185 Å². The minimum absolute atomic E-state index is 0.112. The quantitative estimate of drug-likeness (QED) is 0.455. The van der Waals surface area contributed by atoms with Crippen LogP contribution in [-0.2, 0) is 11.3 Å². The van der Waals surface area contributed by atoms with E-state index in [1.165, 1.54) is 10.9 Å². The molecule has 152 valence electrons. The Balaban J connectivity index is 1.51. The van der Waals surface area contributed by atoms with Crippen molar-refractivity contribution in [2.24, 2.45) is 0 Å². The van der Waals surface area contributed by atoms with Crippen LogP contribution in [0.5, 0.6) is 0 Å². The van der Waals surface area contributed by atoms with Gasteiger partial charge in [-0.25, -0.2) is 9.67 Å². The molecule has 0 spiro atoms. The number of amides is 1. The molecule has 0 radical (unpaired) electrons. The molecule has 0 saturated carbocycles. The van der Waals surface area contributed by atoms with Crippen LogP contribution in [0.4, 0.5) is 5.82 Å². The van der Waals surface area contributed by atoms with E-state index in [1.54, 1.807) is 35.0 Å². The van der Waals surface area contributed by atoms with Gasteiger partial charge in [-0.05, 0) is 43.3 Å². The molecule has 0 saturated heterocycles. The third kappa shape index (κ3) is 4.29. The fourth-order valence-electron chi connectivity index (χ4n) is 3.11. The lowest BCUT2D eigenvalue weighted by Gasteiger charge is -2.10. The van der Waals surface area contributed by atoms with E-state index in [-0.39, 0.29) is 24.4 Å². The molecule has 4 rings (SSSR count). The number of aromatic nitrogens is 4. The molecule has 9 heteroatoms. The second-order valence-corrected chi connectivity index (χ2v) is 8.12. The summed E-state index contributed by atoms with van der Waals surface area (Å²) in [7, 11) is 0. The number of carbonyl (C=O) groups is 1. The van der Waals surface area contributed by atoms with Gasteiger partial charge in [0.2, 0.25) is 5.91 Å². The molecular weight excluding hydrogens is 470 g/mol. The van der Waals surface area contributed by atoms with Gasteiger partial charge in [0, 0.05) is 28.5 Å². The van der Waals surface area contributed by atoms with Gasteiger partial charge in [0.1, 0.15) is 5.82 Å². The Morgan fingerprint density at radius 3 is 2.83 bits per heavy atom. The number of carbonyl (C=O) groups excluding carboxylic acids is 1. The molecule has 4 aromatic rings. The molecule has 0 fully saturated rings. The zero-order valence-corrected chi connectivity index (χ0v) is 18.3. The molecule has 7 nitrogen and oxygen atoms in total. The van der Waals surface area contributed by atoms with Gasteiger partial charge >= 0.3 is 0 Å². The van der Waals surface area contributed by atoms with Crippen LogP contribution in [0.3, 0.4) is 0 Å². The van der Waals surface area contributed by atoms with Crippen LogP contribution < -0.4 is 10.9 Å². The number of nitrogens with one attached hydrogen (secondary N) is 1. The normalized spacial score (nSPS) is 11.0. The SMILES string of the molecule is Cc1cc(NC(=O)CCn2cnc3ccc(Br)cc3c2=O)n(-c2cccc(Cl)c2)n1. The molecule has 1 N–H and O–H groups in total. The first kappa shape index (κ1) is 20.3. The summed E-state index contributed by atoms with van der Waals surface area (Å²) >= 11 is 9.44. The summed E-state index contributed by atoms with van der Waals surface area (Å²) in [5, 5.41) is 8.36. The Morgan fingerprint density at radius 2 is 2.03 bits per heavy atom. The zero-order chi connectivity index (χ0) is 21.3. The van der Waals surface area contributed by atoms with E-state index < -0.39 is 0 Å². The van der Waals surface area contributed by atoms with E-state index in [1.807, 2.05) is 25.1 Å². The monoisotopic (exact) mass is 485 g/mol. The van der Waals surface area contributed by atoms with Crippen LogP contribution in [0.2, 0.25) is 5.02 Å². The standard InChI is InChI=1S/C21H17BrClN5O2/c1-13-9-19(28(26-13)16-4-2-3-15(23)11-16)25-20(29)7-8-27-12-24-18-6-5-14(22)10-17(18)21(27)30/h2-6,9-12H,7-8H2,1H3,(H,25,29). The second kappa shape index (κ2) is 8.41. The van der Waals surface area contributed by atoms with Gasteiger partial charge in [0.25, 0.3) is 5.56 Å². The first-order valence-corrected chi connectivity index (χ1v) is 10.3. The Kier molecular flexibility index (Phi) is 5.69. The minimum atomic E-state index is -0.237. The maximum Gasteiger partial charge on any atom is 0.261 e. The molecular formula is C21H17BrClN5O2. The van der Waals surface area contributed by atoms with E-state index >= 15 is 0 Å². The lowest BCUT2D eigenvalue weighted by molar-refractivity contribution is -0.116. The van der Waals surface area contributed by atoms with Crippen molar-refractivity contribution in [1.82, 2.24) is 19.3 Å². The van der Waals surface area contributed by atoms with Gasteiger partial charge in [-0.1, -0.05) is 33.6 Å². The summed E-state index contributed by atoms with van der Waals surface area (Å²) in [5.74, 6) is 0.298. The lowest BCUT2D eigenvalue weighted by atomic mass is 10.2. The maximum absolute atomic E-state index is 12.7. The zero-order valence-electron chi connectivity index (χ0n) is 16.0. The number of halogens is 2. The number of fused-ring (bicyclic) bond motifs is 1. The van der Waals surface area contributed by atoms with Crippen molar-refractivity contribution in [2.75, 3.05) is 5.32 Å². The first-order chi connectivity index (χ1) is 14.4. The van der Waals surface area contributed by atoms with Crippen LogP contribution in [0.15, 0.2) is 64.1 Å². The van der Waals surface area contributed by atoms with Crippen LogP contribution >= 0.6 is 27.5 Å². The Hall–Kier alpha value is -2.97. The first-order valence-electron chi connectivity index (χ1n) is 9.18. The van der Waals surface area contributed by atoms with Gasteiger partial charge in [-0.2, -0.15) is 5.10 Å². The number of rotatable bonds is 5. The molecule has 0 aliphatic rings. The van der Waals surface area contributed by atoms with Gasteiger partial charge in [0.05, 0.1) is 28.6 Å². The molecule has 1 amide bonds. The summed E-state index contributed by atoms with van der Waals surface area (Å²) in [6.45, 7) is 2.06. The highest BCUT2D eigenvalue weighted by Crippen LogP contribution is 2.20. The smallest absolute Gasteiger partial charge is 0.261 e. The lowest BCUT2D eigenvalue weighted by Crippen LogP contribution is -2.24. The highest BCUT2D eigenvalue weighted by Gasteiger charge is 2.12. The van der Waals surface area contributed by atoms with Crippen molar-refractivity contribution in [1.29, 1.82) is 0 Å². The van der Waals surface area contributed by atoms with Crippen LogP contribution in [-0.4, -0.2) is 25.2 Å². The molecule has 0 aliphatic heterocycles. The number of aryl methyl sites for hydroxylation is 2. The van der Waals surface area contributed by atoms with Gasteiger partial charge in [-0.3, -0.25) is 14.2 Å². The van der Waals surface area contributed by atoms with E-state index in [4.69, 9.17) is 11.6 Å². The molecule has 0 atom stereocenters. The van der Waals surface area contributed by atoms with E-state index in [0.717, 1.165) is 15.9 Å². The molecule has 2 aromatic heterocycles. The van der Waals surface area contributed by atoms with E-state index in [2.05, 4.69) is 31.3 Å². The molecule has 2 aromatic carbocycles. The van der Waals surface area contributed by atoms with E-state index in [9.17, 15) is 9.59 Å². The fourth-order valence-corrected chi connectivity index (χ4v) is 3.66. The van der Waals surface area contributed by atoms with Crippen molar-refractivity contribution >= 4 is 50.2 Å². The number of anilines is 1. The van der Waals surface area contributed by atoms with Crippen molar-refractivity contribution in [2.45, 2.75) is 19.9 Å². The predicted molar refractivity (Wildman–Crippen MR) is 120 cm³/mol. The van der Waals surface area contributed by atoms with Crippen molar-refractivity contribution in [3.63, 3.8) is 0 Å². The summed E-state index contributed by atoms with van der Waals surface area (Å²) in [5.41, 5.74) is 1.93. The minimum Gasteiger partial charge on any atom is -0.311 e. The molecule has 0 unspecified atom stereocenters. The van der Waals surface area contributed by atoms with Crippen LogP contribution in [0, 0.1) is 6.92 Å². The van der Waals surface area contributed by atoms with Gasteiger partial charge in [-0.15, -0.1) is 0 Å². The Bertz CT molecular complexity index is 1310. The molecule has 0 bridgehead atoms. The topological polar surface area (TPSA) is 81.8 Å². The largest absolute Gasteiger partial charge is 0.311 e. The van der Waals surface area contributed by atoms with Crippen molar-refractivity contribution in [3.8, 4) is 5.69 Å². The highest BCUT2D eigenvalue weighted by molar-refractivity contribution is 9.10. The molecule has 2 heterocycles. The summed E-state index contributed by atoms with van der Waals surface area (Å²) in [4.78, 5) is 29.5. The number of nitrogens with zero attached hydrogens (tertiary/aromatic N) is 4. The van der Waals surface area contributed by atoms with Crippen LogP contribution in [0.1, 0.15) is 12.1 Å². The number of benzene rings is 2. The number of hydrogen-bond donors (Lipinski definition) is 1. The van der Waals surface area contributed by atoms with Crippen molar-refractivity contribution in [3.05, 3.63) is 80.4 Å².